The second-order valence-electron chi connectivity index (χ2n) is 4.06. The fourth-order valence-electron chi connectivity index (χ4n) is 1.19. The molecule has 15 heavy (non-hydrogen) atoms. The van der Waals surface area contributed by atoms with E-state index in [1.54, 1.807) is 12.1 Å². The standard InChI is InChI=1S/C12H17FOS/c1-8(2)7-14-10-4-5-12(13)11(6-10)9(3)15/h4-6,8-9,15H,7H2,1-3H3. The molecule has 1 rings (SSSR count). The van der Waals surface area contributed by atoms with E-state index in [9.17, 15) is 4.39 Å². The number of ether oxygens (including phenoxy) is 1. The summed E-state index contributed by atoms with van der Waals surface area (Å²) in [5.41, 5.74) is 0.583. The van der Waals surface area contributed by atoms with Crippen molar-refractivity contribution in [1.82, 2.24) is 0 Å². The number of hydrogen-bond donors (Lipinski definition) is 1. The predicted molar refractivity (Wildman–Crippen MR) is 64.1 cm³/mol. The summed E-state index contributed by atoms with van der Waals surface area (Å²) >= 11 is 4.22. The summed E-state index contributed by atoms with van der Waals surface area (Å²) in [6.45, 7) is 6.64. The highest BCUT2D eigenvalue weighted by atomic mass is 32.1. The molecule has 0 N–H and O–H groups in total. The summed E-state index contributed by atoms with van der Waals surface area (Å²) in [5.74, 6) is 0.947. The van der Waals surface area contributed by atoms with Crippen molar-refractivity contribution in [2.75, 3.05) is 6.61 Å². The highest BCUT2D eigenvalue weighted by Gasteiger charge is 2.08. The molecule has 1 aromatic rings. The SMILES string of the molecule is CC(C)COc1ccc(F)c(C(C)S)c1. The van der Waals surface area contributed by atoms with Crippen LogP contribution in [-0.2, 0) is 0 Å². The van der Waals surface area contributed by atoms with Crippen LogP contribution in [0.4, 0.5) is 4.39 Å². The van der Waals surface area contributed by atoms with Gasteiger partial charge in [0.2, 0.25) is 0 Å². The van der Waals surface area contributed by atoms with Crippen molar-refractivity contribution >= 4 is 12.6 Å². The van der Waals surface area contributed by atoms with E-state index in [-0.39, 0.29) is 11.1 Å². The maximum absolute atomic E-state index is 13.3. The van der Waals surface area contributed by atoms with Gasteiger partial charge in [-0.2, -0.15) is 12.6 Å². The van der Waals surface area contributed by atoms with Crippen LogP contribution in [0, 0.1) is 11.7 Å². The van der Waals surface area contributed by atoms with Crippen LogP contribution in [0.1, 0.15) is 31.6 Å². The highest BCUT2D eigenvalue weighted by molar-refractivity contribution is 7.80. The van der Waals surface area contributed by atoms with Gasteiger partial charge < -0.3 is 4.74 Å². The predicted octanol–water partition coefficient (Wildman–Crippen LogP) is 3.85. The zero-order chi connectivity index (χ0) is 11.4. The normalized spacial score (nSPS) is 12.9. The quantitative estimate of drug-likeness (QED) is 0.770. The number of rotatable bonds is 4. The van der Waals surface area contributed by atoms with Crippen molar-refractivity contribution in [2.24, 2.45) is 5.92 Å². The molecule has 0 aliphatic heterocycles. The molecule has 0 saturated carbocycles. The minimum absolute atomic E-state index is 0.118. The summed E-state index contributed by atoms with van der Waals surface area (Å²) in [5, 5.41) is -0.118. The third-order valence-electron chi connectivity index (χ3n) is 2.00. The van der Waals surface area contributed by atoms with Crippen LogP contribution >= 0.6 is 12.6 Å². The Kier molecular flexibility index (Phi) is 4.45. The number of thiol groups is 1. The first-order valence-corrected chi connectivity index (χ1v) is 5.62. The van der Waals surface area contributed by atoms with E-state index >= 15 is 0 Å². The topological polar surface area (TPSA) is 9.23 Å². The van der Waals surface area contributed by atoms with E-state index in [1.807, 2.05) is 6.92 Å². The fourth-order valence-corrected chi connectivity index (χ4v) is 1.39. The summed E-state index contributed by atoms with van der Waals surface area (Å²) in [6, 6.07) is 4.80. The molecule has 0 amide bonds. The molecule has 0 fully saturated rings. The third kappa shape index (κ3) is 3.74. The molecule has 3 heteroatoms. The molecule has 0 spiro atoms. The first-order chi connectivity index (χ1) is 7.00. The second kappa shape index (κ2) is 5.40. The molecule has 1 aromatic carbocycles. The van der Waals surface area contributed by atoms with Crippen LogP contribution in [-0.4, -0.2) is 6.61 Å². The van der Waals surface area contributed by atoms with Crippen molar-refractivity contribution in [3.8, 4) is 5.75 Å². The molecular formula is C12H17FOS. The van der Waals surface area contributed by atoms with Gasteiger partial charge in [-0.1, -0.05) is 13.8 Å². The Bertz CT molecular complexity index is 323. The van der Waals surface area contributed by atoms with E-state index in [1.165, 1.54) is 6.07 Å². The Morgan fingerprint density at radius 2 is 2.00 bits per heavy atom. The van der Waals surface area contributed by atoms with Crippen molar-refractivity contribution in [3.63, 3.8) is 0 Å². The molecule has 0 bridgehead atoms. The average molecular weight is 228 g/mol. The maximum Gasteiger partial charge on any atom is 0.127 e. The van der Waals surface area contributed by atoms with Crippen LogP contribution < -0.4 is 4.74 Å². The maximum atomic E-state index is 13.3. The van der Waals surface area contributed by atoms with Gasteiger partial charge in [0, 0.05) is 10.8 Å². The largest absolute Gasteiger partial charge is 0.493 e. The molecular weight excluding hydrogens is 211 g/mol. The minimum atomic E-state index is -0.227. The van der Waals surface area contributed by atoms with Crippen molar-refractivity contribution in [2.45, 2.75) is 26.0 Å². The second-order valence-corrected chi connectivity index (χ2v) is 4.84. The van der Waals surface area contributed by atoms with Gasteiger partial charge in [-0.25, -0.2) is 4.39 Å². The van der Waals surface area contributed by atoms with Gasteiger partial charge >= 0.3 is 0 Å². The van der Waals surface area contributed by atoms with Crippen LogP contribution in [0.2, 0.25) is 0 Å². The van der Waals surface area contributed by atoms with E-state index < -0.39 is 0 Å². The van der Waals surface area contributed by atoms with E-state index in [0.717, 1.165) is 0 Å². The van der Waals surface area contributed by atoms with Crippen LogP contribution in [0.25, 0.3) is 0 Å². The minimum Gasteiger partial charge on any atom is -0.493 e. The van der Waals surface area contributed by atoms with Crippen molar-refractivity contribution in [3.05, 3.63) is 29.6 Å². The smallest absolute Gasteiger partial charge is 0.127 e. The van der Waals surface area contributed by atoms with Gasteiger partial charge in [0.15, 0.2) is 0 Å². The van der Waals surface area contributed by atoms with Gasteiger partial charge in [0.1, 0.15) is 11.6 Å². The Morgan fingerprint density at radius 3 is 2.53 bits per heavy atom. The molecule has 0 radical (unpaired) electrons. The van der Waals surface area contributed by atoms with Crippen LogP contribution in [0.5, 0.6) is 5.75 Å². The molecule has 0 aliphatic carbocycles. The average Bonchev–Trinajstić information content (AvgIpc) is 2.16. The molecule has 0 saturated heterocycles. The fraction of sp³-hybridized carbons (Fsp3) is 0.500. The Morgan fingerprint density at radius 1 is 1.33 bits per heavy atom. The lowest BCUT2D eigenvalue weighted by Gasteiger charge is -2.12. The lowest BCUT2D eigenvalue weighted by atomic mass is 10.1. The zero-order valence-electron chi connectivity index (χ0n) is 9.33. The summed E-state index contributed by atoms with van der Waals surface area (Å²) < 4.78 is 18.8. The number of halogens is 1. The van der Waals surface area contributed by atoms with Gasteiger partial charge in [-0.3, -0.25) is 0 Å². The molecule has 1 nitrogen and oxygen atoms in total. The lowest BCUT2D eigenvalue weighted by molar-refractivity contribution is 0.270. The van der Waals surface area contributed by atoms with Crippen molar-refractivity contribution < 1.29 is 9.13 Å². The lowest BCUT2D eigenvalue weighted by Crippen LogP contribution is -2.05. The molecule has 0 heterocycles. The van der Waals surface area contributed by atoms with Gasteiger partial charge in [-0.15, -0.1) is 0 Å². The van der Waals surface area contributed by atoms with Gasteiger partial charge in [-0.05, 0) is 31.0 Å². The van der Waals surface area contributed by atoms with Gasteiger partial charge in [0.25, 0.3) is 0 Å². The highest BCUT2D eigenvalue weighted by Crippen LogP contribution is 2.26. The zero-order valence-corrected chi connectivity index (χ0v) is 10.2. The molecule has 1 unspecified atom stereocenters. The van der Waals surface area contributed by atoms with Crippen molar-refractivity contribution in [1.29, 1.82) is 0 Å². The van der Waals surface area contributed by atoms with E-state index in [2.05, 4.69) is 26.5 Å². The molecule has 0 aliphatic rings. The molecule has 0 aromatic heterocycles. The number of hydrogen-bond acceptors (Lipinski definition) is 2. The summed E-state index contributed by atoms with van der Waals surface area (Å²) in [7, 11) is 0. The third-order valence-corrected chi connectivity index (χ3v) is 2.28. The Balaban J connectivity index is 2.78. The number of benzene rings is 1. The summed E-state index contributed by atoms with van der Waals surface area (Å²) in [4.78, 5) is 0. The Labute approximate surface area is 96.1 Å². The van der Waals surface area contributed by atoms with Crippen LogP contribution in [0.3, 0.4) is 0 Å². The van der Waals surface area contributed by atoms with E-state index in [4.69, 9.17) is 4.74 Å². The molecule has 84 valence electrons. The molecule has 1 atom stereocenters. The van der Waals surface area contributed by atoms with Crippen LogP contribution in [0.15, 0.2) is 18.2 Å². The van der Waals surface area contributed by atoms with Gasteiger partial charge in [0.05, 0.1) is 6.61 Å². The van der Waals surface area contributed by atoms with E-state index in [0.29, 0.717) is 23.8 Å². The monoisotopic (exact) mass is 228 g/mol. The first-order valence-electron chi connectivity index (χ1n) is 5.11. The summed E-state index contributed by atoms with van der Waals surface area (Å²) in [6.07, 6.45) is 0. The Hall–Kier alpha value is -0.700. The first kappa shape index (κ1) is 12.4.